The smallest absolute Gasteiger partial charge is 0.322 e. The molecule has 1 unspecified atom stereocenters. The average molecular weight is 656 g/mol. The first-order chi connectivity index (χ1) is 23.1. The van der Waals surface area contributed by atoms with Gasteiger partial charge in [0, 0.05) is 30.5 Å². The van der Waals surface area contributed by atoms with Gasteiger partial charge in [0.1, 0.15) is 24.8 Å². The summed E-state index contributed by atoms with van der Waals surface area (Å²) in [5.41, 5.74) is -0.635. The molecule has 0 radical (unpaired) electrons. The van der Waals surface area contributed by atoms with E-state index in [1.54, 1.807) is 17.9 Å². The fourth-order valence-electron chi connectivity index (χ4n) is 8.73. The van der Waals surface area contributed by atoms with Gasteiger partial charge in [-0.2, -0.15) is 9.97 Å². The number of piperazine rings is 1. The van der Waals surface area contributed by atoms with Gasteiger partial charge in [0.05, 0.1) is 28.8 Å². The highest BCUT2D eigenvalue weighted by Gasteiger charge is 2.54. The maximum Gasteiger partial charge on any atom is 0.322 e. The van der Waals surface area contributed by atoms with Crippen LogP contribution in [0.2, 0.25) is 0 Å². The minimum Gasteiger partial charge on any atom is -0.508 e. The van der Waals surface area contributed by atoms with Crippen LogP contribution in [0.5, 0.6) is 23.4 Å². The van der Waals surface area contributed by atoms with Gasteiger partial charge in [-0.1, -0.05) is 18.6 Å². The SMILES string of the molecule is C#Cc1c(F)ccc2cc(O)cc(C3COc4c(nc(OCC56CCCN5CCC6)nc4N4C[C@H]5C[C@](C)(O)[C@@H](C4)N5C(=O)C=C)O3)c12. The predicted molar refractivity (Wildman–Crippen MR) is 175 cm³/mol. The van der Waals surface area contributed by atoms with Crippen LogP contribution in [0.15, 0.2) is 36.9 Å². The number of phenolic OH excluding ortho intramolecular Hbond substituents is 1. The average Bonchev–Trinajstić information content (AvgIpc) is 3.70. The molecule has 1 aromatic heterocycles. The zero-order valence-corrected chi connectivity index (χ0v) is 26.8. The maximum absolute atomic E-state index is 14.9. The molecule has 0 spiro atoms. The number of nitrogens with zero attached hydrogens (tertiary/aromatic N) is 5. The second kappa shape index (κ2) is 11.2. The standard InChI is InChI=1S/C36H38FN5O6/c1-4-24-26(37)9-8-21-14-23(43)15-25(30(21)24)27-19-46-31-32(40-17-22-16-35(3,45)28(18-40)42(22)29(44)5-2)38-34(39-33(31)48-27)47-20-36-10-6-12-41(36)13-7-11-36/h1,5,8-9,14-15,22,27-28,43,45H,2,6-7,10-13,16-20H2,3H3/t22-,27?,28-,35+/m1/s1. The summed E-state index contributed by atoms with van der Waals surface area (Å²) in [7, 11) is 0. The molecule has 8 rings (SSSR count). The summed E-state index contributed by atoms with van der Waals surface area (Å²) in [6.07, 6.45) is 11.0. The minimum absolute atomic E-state index is 0.000199. The minimum atomic E-state index is -1.11. The Morgan fingerprint density at radius 2 is 2.04 bits per heavy atom. The molecule has 5 aliphatic heterocycles. The molecule has 2 aromatic carbocycles. The second-order valence-electron chi connectivity index (χ2n) is 13.9. The number of ether oxygens (including phenoxy) is 3. The second-order valence-corrected chi connectivity index (χ2v) is 13.9. The molecule has 2 bridgehead atoms. The first-order valence-electron chi connectivity index (χ1n) is 16.5. The van der Waals surface area contributed by atoms with Crippen molar-refractivity contribution in [2.75, 3.05) is 44.3 Å². The number of carbonyl (C=O) groups excluding carboxylic acids is 1. The monoisotopic (exact) mass is 655 g/mol. The number of halogens is 1. The largest absolute Gasteiger partial charge is 0.508 e. The number of terminal acetylenes is 1. The fraction of sp³-hybridized carbons (Fsp3) is 0.472. The summed E-state index contributed by atoms with van der Waals surface area (Å²) in [4.78, 5) is 28.6. The molecule has 3 aromatic rings. The number of hydrogen-bond acceptors (Lipinski definition) is 10. The van der Waals surface area contributed by atoms with E-state index in [2.05, 4.69) is 22.4 Å². The molecule has 0 saturated carbocycles. The lowest BCUT2D eigenvalue weighted by atomic mass is 9.95. The number of aromatic hydroxyl groups is 1. The molecule has 48 heavy (non-hydrogen) atoms. The van der Waals surface area contributed by atoms with E-state index in [0.29, 0.717) is 54.0 Å². The Morgan fingerprint density at radius 3 is 2.77 bits per heavy atom. The van der Waals surface area contributed by atoms with Crippen LogP contribution in [-0.2, 0) is 4.79 Å². The van der Waals surface area contributed by atoms with Crippen LogP contribution in [0, 0.1) is 18.2 Å². The van der Waals surface area contributed by atoms with Gasteiger partial charge in [-0.25, -0.2) is 4.39 Å². The normalized spacial score (nSPS) is 27.2. The van der Waals surface area contributed by atoms with Crippen LogP contribution >= 0.6 is 0 Å². The van der Waals surface area contributed by atoms with Gasteiger partial charge in [0.25, 0.3) is 5.88 Å². The number of phenols is 1. The van der Waals surface area contributed by atoms with Crippen LogP contribution < -0.4 is 19.1 Å². The van der Waals surface area contributed by atoms with Crippen molar-refractivity contribution in [2.24, 2.45) is 0 Å². The summed E-state index contributed by atoms with van der Waals surface area (Å²) in [6.45, 7) is 8.62. The van der Waals surface area contributed by atoms with E-state index in [-0.39, 0.29) is 47.3 Å². The Hall–Kier alpha value is -4.60. The van der Waals surface area contributed by atoms with Crippen LogP contribution in [0.3, 0.4) is 0 Å². The van der Waals surface area contributed by atoms with Gasteiger partial charge in [-0.15, -0.1) is 6.42 Å². The van der Waals surface area contributed by atoms with Gasteiger partial charge in [0.15, 0.2) is 11.9 Å². The van der Waals surface area contributed by atoms with Crippen LogP contribution in [0.4, 0.5) is 10.2 Å². The number of amides is 1. The number of carbonyl (C=O) groups is 1. The molecule has 12 heteroatoms. The zero-order chi connectivity index (χ0) is 33.4. The number of fused-ring (bicyclic) bond motifs is 5. The van der Waals surface area contributed by atoms with E-state index in [0.717, 1.165) is 38.8 Å². The Labute approximate surface area is 277 Å². The molecule has 11 nitrogen and oxygen atoms in total. The summed E-state index contributed by atoms with van der Waals surface area (Å²) in [5.74, 6) is 2.52. The molecular weight excluding hydrogens is 617 g/mol. The van der Waals surface area contributed by atoms with E-state index < -0.39 is 23.6 Å². The van der Waals surface area contributed by atoms with Crippen molar-refractivity contribution in [2.45, 2.75) is 68.4 Å². The van der Waals surface area contributed by atoms with Gasteiger partial charge in [-0.05, 0) is 75.4 Å². The van der Waals surface area contributed by atoms with Crippen molar-refractivity contribution in [3.63, 3.8) is 0 Å². The molecule has 1 amide bonds. The number of rotatable bonds is 6. The van der Waals surface area contributed by atoms with Crippen LogP contribution in [-0.4, -0.2) is 98.5 Å². The number of aromatic nitrogens is 2. The third-order valence-electron chi connectivity index (χ3n) is 10.9. The van der Waals surface area contributed by atoms with Crippen molar-refractivity contribution < 1.29 is 33.6 Å². The van der Waals surface area contributed by atoms with E-state index >= 15 is 0 Å². The van der Waals surface area contributed by atoms with Crippen molar-refractivity contribution in [3.8, 4) is 35.7 Å². The quantitative estimate of drug-likeness (QED) is 0.301. The van der Waals surface area contributed by atoms with Gasteiger partial charge < -0.3 is 34.2 Å². The summed E-state index contributed by atoms with van der Waals surface area (Å²) >= 11 is 0. The Morgan fingerprint density at radius 1 is 1.25 bits per heavy atom. The first-order valence-corrected chi connectivity index (χ1v) is 16.5. The number of anilines is 1. The molecule has 250 valence electrons. The van der Waals surface area contributed by atoms with Crippen molar-refractivity contribution in [1.82, 2.24) is 19.8 Å². The molecule has 5 aliphatic rings. The molecule has 4 atom stereocenters. The fourth-order valence-corrected chi connectivity index (χ4v) is 8.73. The number of hydrogen-bond donors (Lipinski definition) is 2. The summed E-state index contributed by atoms with van der Waals surface area (Å²) in [6, 6.07) is 5.21. The van der Waals surface area contributed by atoms with E-state index in [1.165, 1.54) is 24.3 Å². The molecule has 0 aliphatic carbocycles. The van der Waals surface area contributed by atoms with E-state index in [1.807, 2.05) is 4.90 Å². The molecule has 2 N–H and O–H groups in total. The number of benzene rings is 2. The lowest BCUT2D eigenvalue weighted by molar-refractivity contribution is -0.131. The van der Waals surface area contributed by atoms with Gasteiger partial charge >= 0.3 is 6.01 Å². The molecule has 4 fully saturated rings. The zero-order valence-electron chi connectivity index (χ0n) is 26.8. The summed E-state index contributed by atoms with van der Waals surface area (Å²) in [5, 5.41) is 22.9. The van der Waals surface area contributed by atoms with Crippen molar-refractivity contribution in [3.05, 3.63) is 53.9 Å². The lowest BCUT2D eigenvalue weighted by Crippen LogP contribution is -2.59. The Balaban J connectivity index is 1.18. The molecule has 4 saturated heterocycles. The van der Waals surface area contributed by atoms with Gasteiger partial charge in [0.2, 0.25) is 11.7 Å². The highest BCUT2D eigenvalue weighted by Crippen LogP contribution is 2.47. The molecule has 6 heterocycles. The third-order valence-corrected chi connectivity index (χ3v) is 10.9. The van der Waals surface area contributed by atoms with Crippen LogP contribution in [0.25, 0.3) is 10.8 Å². The lowest BCUT2D eigenvalue weighted by Gasteiger charge is -2.43. The highest BCUT2D eigenvalue weighted by molar-refractivity contribution is 5.93. The van der Waals surface area contributed by atoms with Crippen molar-refractivity contribution in [1.29, 1.82) is 0 Å². The third kappa shape index (κ3) is 4.82. The predicted octanol–water partition coefficient (Wildman–Crippen LogP) is 3.70. The Kier molecular flexibility index (Phi) is 7.19. The number of aliphatic hydroxyl groups is 1. The topological polar surface area (TPSA) is 121 Å². The Bertz CT molecular complexity index is 1870. The van der Waals surface area contributed by atoms with Crippen LogP contribution in [0.1, 0.15) is 56.3 Å². The summed E-state index contributed by atoms with van der Waals surface area (Å²) < 4.78 is 34.1. The van der Waals surface area contributed by atoms with E-state index in [4.69, 9.17) is 25.6 Å². The van der Waals surface area contributed by atoms with E-state index in [9.17, 15) is 19.4 Å². The maximum atomic E-state index is 14.9. The highest BCUT2D eigenvalue weighted by atomic mass is 19.1. The first kappa shape index (κ1) is 30.7. The van der Waals surface area contributed by atoms with Gasteiger partial charge in [-0.3, -0.25) is 9.69 Å². The van der Waals surface area contributed by atoms with Crippen molar-refractivity contribution >= 4 is 22.5 Å². The molecular formula is C36H38FN5O6.